The number of carbonyl (C=O) groups is 1. The minimum atomic E-state index is -0.475. The van der Waals surface area contributed by atoms with E-state index in [0.29, 0.717) is 11.5 Å². The van der Waals surface area contributed by atoms with Crippen molar-refractivity contribution in [1.29, 1.82) is 0 Å². The lowest BCUT2D eigenvalue weighted by molar-refractivity contribution is -0.139. The highest BCUT2D eigenvalue weighted by atomic mass is 79.9. The number of ether oxygens (including phenoxy) is 3. The quantitative estimate of drug-likeness (QED) is 0.611. The van der Waals surface area contributed by atoms with Crippen LogP contribution in [-0.2, 0) is 9.53 Å². The second-order valence-electron chi connectivity index (χ2n) is 3.00. The van der Waals surface area contributed by atoms with Crippen molar-refractivity contribution in [3.8, 4) is 11.5 Å². The molecule has 1 aromatic rings. The van der Waals surface area contributed by atoms with E-state index >= 15 is 0 Å². The SMILES string of the molecule is COC(=O)[C@H](Br)c1ccc2c(c1)OCO2. The van der Waals surface area contributed by atoms with Crippen molar-refractivity contribution in [2.24, 2.45) is 0 Å². The Morgan fingerprint density at radius 2 is 2.20 bits per heavy atom. The molecule has 0 fully saturated rings. The Hall–Kier alpha value is -1.23. The molecule has 0 aromatic heterocycles. The predicted octanol–water partition coefficient (Wildman–Crippen LogP) is 2.02. The van der Waals surface area contributed by atoms with Gasteiger partial charge in [0.15, 0.2) is 11.5 Å². The van der Waals surface area contributed by atoms with Gasteiger partial charge in [0.1, 0.15) is 4.83 Å². The maximum atomic E-state index is 11.3. The largest absolute Gasteiger partial charge is 0.468 e. The van der Waals surface area contributed by atoms with E-state index in [1.807, 2.05) is 0 Å². The zero-order valence-electron chi connectivity index (χ0n) is 8.03. The van der Waals surface area contributed by atoms with E-state index in [-0.39, 0.29) is 12.8 Å². The summed E-state index contributed by atoms with van der Waals surface area (Å²) in [6.07, 6.45) is 0. The number of alkyl halides is 1. The molecule has 0 unspecified atom stereocenters. The Kier molecular flexibility index (Phi) is 2.81. The molecule has 0 spiro atoms. The second-order valence-corrected chi connectivity index (χ2v) is 3.91. The molecule has 5 heteroatoms. The van der Waals surface area contributed by atoms with Crippen molar-refractivity contribution in [3.63, 3.8) is 0 Å². The second kappa shape index (κ2) is 4.10. The summed E-state index contributed by atoms with van der Waals surface area (Å²) in [5.74, 6) is 1.01. The lowest BCUT2D eigenvalue weighted by Gasteiger charge is -2.08. The van der Waals surface area contributed by atoms with Crippen molar-refractivity contribution < 1.29 is 19.0 Å². The molecular formula is C10H9BrO4. The van der Waals surface area contributed by atoms with Crippen LogP contribution in [0.15, 0.2) is 18.2 Å². The van der Waals surface area contributed by atoms with Gasteiger partial charge in [-0.3, -0.25) is 4.79 Å². The fraction of sp³-hybridized carbons (Fsp3) is 0.300. The molecule has 15 heavy (non-hydrogen) atoms. The third kappa shape index (κ3) is 1.92. The summed E-state index contributed by atoms with van der Waals surface area (Å²) >= 11 is 3.25. The highest BCUT2D eigenvalue weighted by molar-refractivity contribution is 9.09. The van der Waals surface area contributed by atoms with Gasteiger partial charge in [0.25, 0.3) is 0 Å². The first-order valence-corrected chi connectivity index (χ1v) is 5.25. The Morgan fingerprint density at radius 3 is 2.93 bits per heavy atom. The van der Waals surface area contributed by atoms with Gasteiger partial charge in [0.2, 0.25) is 6.79 Å². The molecule has 1 aliphatic rings. The summed E-state index contributed by atoms with van der Waals surface area (Å²) in [6.45, 7) is 0.226. The van der Waals surface area contributed by atoms with Crippen molar-refractivity contribution >= 4 is 21.9 Å². The van der Waals surface area contributed by atoms with Crippen LogP contribution in [-0.4, -0.2) is 19.9 Å². The minimum absolute atomic E-state index is 0.226. The van der Waals surface area contributed by atoms with Crippen molar-refractivity contribution in [3.05, 3.63) is 23.8 Å². The lowest BCUT2D eigenvalue weighted by atomic mass is 10.1. The van der Waals surface area contributed by atoms with Crippen LogP contribution >= 0.6 is 15.9 Å². The molecule has 1 atom stereocenters. The predicted molar refractivity (Wildman–Crippen MR) is 56.2 cm³/mol. The van der Waals surface area contributed by atoms with E-state index in [2.05, 4.69) is 20.7 Å². The van der Waals surface area contributed by atoms with Crippen LogP contribution in [0, 0.1) is 0 Å². The molecule has 2 rings (SSSR count). The highest BCUT2D eigenvalue weighted by Gasteiger charge is 2.21. The fourth-order valence-electron chi connectivity index (χ4n) is 1.31. The Balaban J connectivity index is 2.26. The number of hydrogen-bond donors (Lipinski definition) is 0. The zero-order chi connectivity index (χ0) is 10.8. The third-order valence-electron chi connectivity index (χ3n) is 2.10. The van der Waals surface area contributed by atoms with E-state index < -0.39 is 4.83 Å². The van der Waals surface area contributed by atoms with Crippen LogP contribution in [0.25, 0.3) is 0 Å². The van der Waals surface area contributed by atoms with Crippen molar-refractivity contribution in [2.75, 3.05) is 13.9 Å². The number of rotatable bonds is 2. The number of fused-ring (bicyclic) bond motifs is 1. The van der Waals surface area contributed by atoms with Gasteiger partial charge in [-0.25, -0.2) is 0 Å². The summed E-state index contributed by atoms with van der Waals surface area (Å²) in [6, 6.07) is 5.33. The summed E-state index contributed by atoms with van der Waals surface area (Å²) < 4.78 is 15.0. The first-order valence-electron chi connectivity index (χ1n) is 4.34. The Labute approximate surface area is 95.3 Å². The van der Waals surface area contributed by atoms with Gasteiger partial charge >= 0.3 is 5.97 Å². The third-order valence-corrected chi connectivity index (χ3v) is 3.00. The number of methoxy groups -OCH3 is 1. The smallest absolute Gasteiger partial charge is 0.324 e. The molecule has 0 amide bonds. The summed E-state index contributed by atoms with van der Waals surface area (Å²) in [7, 11) is 1.35. The fourth-order valence-corrected chi connectivity index (χ4v) is 1.78. The minimum Gasteiger partial charge on any atom is -0.468 e. The summed E-state index contributed by atoms with van der Waals surface area (Å²) in [4.78, 5) is 10.8. The summed E-state index contributed by atoms with van der Waals surface area (Å²) in [5, 5.41) is 0. The standard InChI is InChI=1S/C10H9BrO4/c1-13-10(12)9(11)6-2-3-7-8(4-6)15-5-14-7/h2-4,9H,5H2,1H3/t9-/m1/s1. The van der Waals surface area contributed by atoms with Gasteiger partial charge in [0.05, 0.1) is 7.11 Å². The number of esters is 1. The normalized spacial score (nSPS) is 14.8. The van der Waals surface area contributed by atoms with E-state index in [4.69, 9.17) is 9.47 Å². The molecule has 4 nitrogen and oxygen atoms in total. The average Bonchev–Trinajstić information content (AvgIpc) is 2.73. The van der Waals surface area contributed by atoms with Crippen LogP contribution in [0.3, 0.4) is 0 Å². The Bertz CT molecular complexity index is 391. The maximum Gasteiger partial charge on any atom is 0.324 e. The van der Waals surface area contributed by atoms with E-state index in [1.54, 1.807) is 18.2 Å². The molecule has 1 heterocycles. The average molecular weight is 273 g/mol. The van der Waals surface area contributed by atoms with Gasteiger partial charge < -0.3 is 14.2 Å². The van der Waals surface area contributed by atoms with Crippen LogP contribution in [0.1, 0.15) is 10.4 Å². The topological polar surface area (TPSA) is 44.8 Å². The molecule has 0 N–H and O–H groups in total. The van der Waals surface area contributed by atoms with Gasteiger partial charge in [0, 0.05) is 0 Å². The highest BCUT2D eigenvalue weighted by Crippen LogP contribution is 2.36. The number of hydrogen-bond acceptors (Lipinski definition) is 4. The number of halogens is 1. The monoisotopic (exact) mass is 272 g/mol. The van der Waals surface area contributed by atoms with Crippen molar-refractivity contribution in [2.45, 2.75) is 4.83 Å². The van der Waals surface area contributed by atoms with Crippen LogP contribution < -0.4 is 9.47 Å². The van der Waals surface area contributed by atoms with Crippen LogP contribution in [0.5, 0.6) is 11.5 Å². The Morgan fingerprint density at radius 1 is 1.47 bits per heavy atom. The van der Waals surface area contributed by atoms with E-state index in [1.165, 1.54) is 7.11 Å². The molecule has 1 aliphatic heterocycles. The maximum absolute atomic E-state index is 11.3. The van der Waals surface area contributed by atoms with Gasteiger partial charge in [-0.2, -0.15) is 0 Å². The van der Waals surface area contributed by atoms with Gasteiger partial charge in [-0.1, -0.05) is 22.0 Å². The van der Waals surface area contributed by atoms with Gasteiger partial charge in [-0.05, 0) is 17.7 Å². The molecular weight excluding hydrogens is 264 g/mol. The zero-order valence-corrected chi connectivity index (χ0v) is 9.61. The van der Waals surface area contributed by atoms with E-state index in [9.17, 15) is 4.79 Å². The first kappa shape index (κ1) is 10.3. The van der Waals surface area contributed by atoms with Gasteiger partial charge in [-0.15, -0.1) is 0 Å². The molecule has 0 bridgehead atoms. The van der Waals surface area contributed by atoms with Crippen molar-refractivity contribution in [1.82, 2.24) is 0 Å². The van der Waals surface area contributed by atoms with E-state index in [0.717, 1.165) is 5.56 Å². The number of carbonyl (C=O) groups excluding carboxylic acids is 1. The lowest BCUT2D eigenvalue weighted by Crippen LogP contribution is -2.07. The molecule has 80 valence electrons. The first-order chi connectivity index (χ1) is 7.22. The molecule has 0 saturated heterocycles. The molecule has 0 radical (unpaired) electrons. The summed E-state index contributed by atoms with van der Waals surface area (Å²) in [5.41, 5.74) is 0.783. The molecule has 0 aliphatic carbocycles. The molecule has 0 saturated carbocycles. The molecule has 1 aromatic carbocycles. The van der Waals surface area contributed by atoms with Crippen LogP contribution in [0.2, 0.25) is 0 Å². The number of benzene rings is 1. The van der Waals surface area contributed by atoms with Crippen LogP contribution in [0.4, 0.5) is 0 Å².